The molecule has 15 heavy (non-hydrogen) atoms. The minimum atomic E-state index is 0.167. The highest BCUT2D eigenvalue weighted by molar-refractivity contribution is 5.95. The molecule has 0 radical (unpaired) electrons. The van der Waals surface area contributed by atoms with Crippen molar-refractivity contribution in [2.45, 2.75) is 33.6 Å². The summed E-state index contributed by atoms with van der Waals surface area (Å²) in [5.74, 6) is 0.410. The Balaban J connectivity index is 0.000000423. The monoisotopic (exact) mass is 206 g/mol. The Morgan fingerprint density at radius 2 is 1.53 bits per heavy atom. The van der Waals surface area contributed by atoms with Crippen LogP contribution in [-0.4, -0.2) is 11.6 Å². The third-order valence-corrected chi connectivity index (χ3v) is 1.57. The van der Waals surface area contributed by atoms with Gasteiger partial charge in [-0.1, -0.05) is 37.3 Å². The Morgan fingerprint density at radius 3 is 1.93 bits per heavy atom. The van der Waals surface area contributed by atoms with Gasteiger partial charge in [-0.25, -0.2) is 0 Å². The van der Waals surface area contributed by atoms with Crippen LogP contribution in [0.2, 0.25) is 0 Å². The number of carbonyl (C=O) groups excluding carboxylic acids is 2. The van der Waals surface area contributed by atoms with E-state index in [2.05, 4.69) is 0 Å². The molecular weight excluding hydrogens is 188 g/mol. The van der Waals surface area contributed by atoms with E-state index in [1.54, 1.807) is 0 Å². The van der Waals surface area contributed by atoms with Crippen LogP contribution in [0, 0.1) is 0 Å². The Bertz CT molecular complexity index is 298. The lowest BCUT2D eigenvalue weighted by atomic mass is 10.1. The number of carbonyl (C=O) groups is 2. The van der Waals surface area contributed by atoms with Crippen molar-refractivity contribution >= 4 is 11.6 Å². The van der Waals surface area contributed by atoms with Crippen LogP contribution in [-0.2, 0) is 4.79 Å². The predicted molar refractivity (Wildman–Crippen MR) is 62.0 cm³/mol. The van der Waals surface area contributed by atoms with Crippen LogP contribution in [0.1, 0.15) is 44.0 Å². The molecule has 0 heterocycles. The quantitative estimate of drug-likeness (QED) is 0.711. The molecule has 82 valence electrons. The van der Waals surface area contributed by atoms with Gasteiger partial charge in [-0.2, -0.15) is 0 Å². The molecule has 2 heteroatoms. The fourth-order valence-electron chi connectivity index (χ4n) is 0.995. The molecule has 0 aliphatic carbocycles. The Kier molecular flexibility index (Phi) is 7.16. The Labute approximate surface area is 91.3 Å². The Morgan fingerprint density at radius 1 is 1.07 bits per heavy atom. The standard InChI is InChI=1S/C10H12O.C3H6O/c1-2-6-10(11)9-7-4-3-5-8-9;1-3(2)4/h3-5,7-8H,2,6H2,1H3;1-2H3. The van der Waals surface area contributed by atoms with Gasteiger partial charge in [0.05, 0.1) is 0 Å². The molecule has 0 bridgehead atoms. The van der Waals surface area contributed by atoms with Gasteiger partial charge in [0.25, 0.3) is 0 Å². The van der Waals surface area contributed by atoms with Crippen LogP contribution in [0.3, 0.4) is 0 Å². The Hall–Kier alpha value is -1.44. The first kappa shape index (κ1) is 13.6. The predicted octanol–water partition coefficient (Wildman–Crippen LogP) is 3.26. The molecule has 0 fully saturated rings. The van der Waals surface area contributed by atoms with Crippen LogP contribution in [0.15, 0.2) is 30.3 Å². The number of hydrogen-bond donors (Lipinski definition) is 0. The zero-order chi connectivity index (χ0) is 11.7. The summed E-state index contributed by atoms with van der Waals surface area (Å²) in [6.07, 6.45) is 1.58. The van der Waals surface area contributed by atoms with Gasteiger partial charge in [-0.05, 0) is 20.3 Å². The first-order chi connectivity index (χ1) is 7.07. The molecule has 1 aromatic carbocycles. The van der Waals surface area contributed by atoms with Crippen LogP contribution < -0.4 is 0 Å². The minimum absolute atomic E-state index is 0.167. The number of hydrogen-bond acceptors (Lipinski definition) is 2. The second-order valence-corrected chi connectivity index (χ2v) is 3.45. The number of rotatable bonds is 3. The topological polar surface area (TPSA) is 34.1 Å². The fraction of sp³-hybridized carbons (Fsp3) is 0.385. The van der Waals surface area contributed by atoms with Crippen molar-refractivity contribution in [3.05, 3.63) is 35.9 Å². The average molecular weight is 206 g/mol. The molecule has 0 N–H and O–H groups in total. The maximum atomic E-state index is 11.2. The van der Waals surface area contributed by atoms with Crippen LogP contribution >= 0.6 is 0 Å². The third kappa shape index (κ3) is 7.62. The zero-order valence-electron chi connectivity index (χ0n) is 9.62. The van der Waals surface area contributed by atoms with Crippen molar-refractivity contribution in [1.82, 2.24) is 0 Å². The van der Waals surface area contributed by atoms with E-state index >= 15 is 0 Å². The van der Waals surface area contributed by atoms with Crippen molar-refractivity contribution in [2.75, 3.05) is 0 Å². The van der Waals surface area contributed by atoms with E-state index in [1.807, 2.05) is 37.3 Å². The second kappa shape index (κ2) is 7.92. The van der Waals surface area contributed by atoms with E-state index in [1.165, 1.54) is 13.8 Å². The summed E-state index contributed by atoms with van der Waals surface area (Å²) in [6.45, 7) is 5.07. The van der Waals surface area contributed by atoms with Crippen molar-refractivity contribution in [2.24, 2.45) is 0 Å². The molecule has 1 rings (SSSR count). The van der Waals surface area contributed by atoms with Gasteiger partial charge < -0.3 is 4.79 Å². The van der Waals surface area contributed by atoms with E-state index in [9.17, 15) is 9.59 Å². The largest absolute Gasteiger partial charge is 0.300 e. The van der Waals surface area contributed by atoms with Crippen molar-refractivity contribution < 1.29 is 9.59 Å². The van der Waals surface area contributed by atoms with Gasteiger partial charge in [0, 0.05) is 12.0 Å². The van der Waals surface area contributed by atoms with Crippen LogP contribution in [0.4, 0.5) is 0 Å². The number of benzene rings is 1. The summed E-state index contributed by atoms with van der Waals surface area (Å²) in [4.78, 5) is 20.7. The molecular formula is C13H18O2. The summed E-state index contributed by atoms with van der Waals surface area (Å²) >= 11 is 0. The minimum Gasteiger partial charge on any atom is -0.300 e. The normalized spacial score (nSPS) is 8.73. The van der Waals surface area contributed by atoms with Gasteiger partial charge >= 0.3 is 0 Å². The van der Waals surface area contributed by atoms with E-state index < -0.39 is 0 Å². The summed E-state index contributed by atoms with van der Waals surface area (Å²) < 4.78 is 0. The molecule has 0 atom stereocenters. The highest BCUT2D eigenvalue weighted by Gasteiger charge is 2.01. The molecule has 0 aliphatic rings. The number of Topliss-reactive ketones (excluding diaryl/α,β-unsaturated/α-hetero) is 2. The maximum Gasteiger partial charge on any atom is 0.162 e. The lowest BCUT2D eigenvalue weighted by Crippen LogP contribution is -1.96. The molecule has 0 saturated carbocycles. The van der Waals surface area contributed by atoms with Crippen molar-refractivity contribution in [3.63, 3.8) is 0 Å². The highest BCUT2D eigenvalue weighted by atomic mass is 16.1. The first-order valence-electron chi connectivity index (χ1n) is 5.13. The molecule has 2 nitrogen and oxygen atoms in total. The summed E-state index contributed by atoms with van der Waals surface area (Å²) in [6, 6.07) is 9.42. The molecule has 0 amide bonds. The lowest BCUT2D eigenvalue weighted by molar-refractivity contribution is -0.114. The van der Waals surface area contributed by atoms with E-state index in [0.717, 1.165) is 12.0 Å². The fourth-order valence-corrected chi connectivity index (χ4v) is 0.995. The van der Waals surface area contributed by atoms with Gasteiger partial charge in [0.15, 0.2) is 5.78 Å². The average Bonchev–Trinajstić information content (AvgIpc) is 2.19. The summed E-state index contributed by atoms with van der Waals surface area (Å²) in [7, 11) is 0. The van der Waals surface area contributed by atoms with E-state index in [0.29, 0.717) is 6.42 Å². The van der Waals surface area contributed by atoms with Gasteiger partial charge in [0.1, 0.15) is 5.78 Å². The first-order valence-corrected chi connectivity index (χ1v) is 5.13. The maximum absolute atomic E-state index is 11.2. The third-order valence-electron chi connectivity index (χ3n) is 1.57. The molecule has 0 unspecified atom stereocenters. The molecule has 0 spiro atoms. The van der Waals surface area contributed by atoms with Crippen LogP contribution in [0.25, 0.3) is 0 Å². The van der Waals surface area contributed by atoms with Gasteiger partial charge in [-0.3, -0.25) is 4.79 Å². The van der Waals surface area contributed by atoms with E-state index in [4.69, 9.17) is 0 Å². The molecule has 1 aromatic rings. The van der Waals surface area contributed by atoms with E-state index in [-0.39, 0.29) is 11.6 Å². The van der Waals surface area contributed by atoms with Gasteiger partial charge in [0.2, 0.25) is 0 Å². The zero-order valence-corrected chi connectivity index (χ0v) is 9.62. The SMILES string of the molecule is CC(C)=O.CCCC(=O)c1ccccc1. The summed E-state index contributed by atoms with van der Waals surface area (Å²) in [5, 5.41) is 0. The number of ketones is 2. The second-order valence-electron chi connectivity index (χ2n) is 3.45. The van der Waals surface area contributed by atoms with Crippen molar-refractivity contribution in [3.8, 4) is 0 Å². The van der Waals surface area contributed by atoms with Gasteiger partial charge in [-0.15, -0.1) is 0 Å². The van der Waals surface area contributed by atoms with Crippen molar-refractivity contribution in [1.29, 1.82) is 0 Å². The molecule has 0 aliphatic heterocycles. The van der Waals surface area contributed by atoms with Crippen LogP contribution in [0.5, 0.6) is 0 Å². The molecule has 0 aromatic heterocycles. The lowest BCUT2D eigenvalue weighted by Gasteiger charge is -1.96. The summed E-state index contributed by atoms with van der Waals surface area (Å²) in [5.41, 5.74) is 0.828. The highest BCUT2D eigenvalue weighted by Crippen LogP contribution is 2.03. The smallest absolute Gasteiger partial charge is 0.162 e. The molecule has 0 saturated heterocycles.